The van der Waals surface area contributed by atoms with Gasteiger partial charge in [0.05, 0.1) is 0 Å². The van der Waals surface area contributed by atoms with Gasteiger partial charge in [0.1, 0.15) is 0 Å². The number of terminal acetylenes is 2. The van der Waals surface area contributed by atoms with E-state index in [1.807, 2.05) is 0 Å². The minimum atomic E-state index is -0.333. The summed E-state index contributed by atoms with van der Waals surface area (Å²) in [4.78, 5) is 9.22. The van der Waals surface area contributed by atoms with E-state index in [2.05, 4.69) is 124 Å². The maximum atomic E-state index is 9.22. The van der Waals surface area contributed by atoms with Crippen molar-refractivity contribution in [3.8, 4) is 131 Å². The third kappa shape index (κ3) is 38.5. The van der Waals surface area contributed by atoms with Crippen LogP contribution in [-0.4, -0.2) is 5.91 Å². The molecule has 0 aromatic carbocycles. The first-order valence-electron chi connectivity index (χ1n) is 6.32. The molecule has 0 aliphatic rings. The Labute approximate surface area is 192 Å². The second-order valence-electron chi connectivity index (χ2n) is 3.15. The highest BCUT2D eigenvalue weighted by Crippen LogP contribution is 1.58. The van der Waals surface area contributed by atoms with Gasteiger partial charge in [0, 0.05) is 60.6 Å². The molecule has 0 spiro atoms. The van der Waals surface area contributed by atoms with E-state index < -0.39 is 0 Å². The second kappa shape index (κ2) is 25.5. The zero-order chi connectivity index (χ0) is 19.7. The predicted molar refractivity (Wildman–Crippen MR) is 152 cm³/mol. The topological polar surface area (TPSA) is 78.1 Å². The first-order chi connectivity index (χ1) is 12.6. The summed E-state index contributed by atoms with van der Waals surface area (Å²) >= 11 is 0. The molecule has 0 heterocycles. The molecule has 0 saturated heterocycles. The highest BCUT2D eigenvalue weighted by molar-refractivity contribution is 5.70. The molecule has 0 aliphatic carbocycles. The standard InChI is InChI=1S/C22H2.C2H5NO.H3N.21H2/c1-3-5-7-9-11-13-15-17-19-21-22-20-18-16-14-12-10-8-6-4-2;1-2(3)4;;;;;;;;;;;;;;;;;;;;;;/h1-2H;1H3,(H2,3,4);1H3;21*1H. The predicted octanol–water partition coefficient (Wildman–Crippen LogP) is 5.10. The smallest absolute Gasteiger partial charge is 0.214 e. The Morgan fingerprint density at radius 3 is 0.778 bits per heavy atom. The summed E-state index contributed by atoms with van der Waals surface area (Å²) in [5, 5.41) is 0. The lowest BCUT2D eigenvalue weighted by atomic mass is 10.4. The van der Waals surface area contributed by atoms with E-state index in [9.17, 15) is 4.79 Å². The zero-order valence-corrected chi connectivity index (χ0v) is 14.3. The minimum Gasteiger partial charge on any atom is -0.370 e. The first kappa shape index (κ1) is 26.5. The van der Waals surface area contributed by atoms with E-state index in [0.29, 0.717) is 0 Å². The first-order valence-corrected chi connectivity index (χ1v) is 6.32. The van der Waals surface area contributed by atoms with Crippen LogP contribution in [0.1, 0.15) is 36.9 Å². The van der Waals surface area contributed by atoms with Gasteiger partial charge in [0.2, 0.25) is 5.91 Å². The summed E-state index contributed by atoms with van der Waals surface area (Å²) in [7, 11) is 0. The fourth-order valence-electron chi connectivity index (χ4n) is 0.572. The van der Waals surface area contributed by atoms with Gasteiger partial charge in [-0.25, -0.2) is 0 Å². The summed E-state index contributed by atoms with van der Waals surface area (Å²) in [6, 6.07) is 0. The number of nitrogens with two attached hydrogens (primary N) is 1. The van der Waals surface area contributed by atoms with Gasteiger partial charge in [-0.3, -0.25) is 4.79 Å². The number of rotatable bonds is 0. The van der Waals surface area contributed by atoms with E-state index in [1.165, 1.54) is 6.92 Å². The molecule has 0 fully saturated rings. The maximum absolute atomic E-state index is 9.22. The van der Waals surface area contributed by atoms with E-state index in [4.69, 9.17) is 12.8 Å². The SMILES string of the molecule is C#CC#CC#CC#CC#CC#CC#CC#CC#CC#CC#C.CC(N)=O.N.[HH].[HH].[HH].[HH].[HH].[HH].[HH].[HH].[HH].[HH].[HH].[HH].[HH].[HH].[HH].[HH].[HH].[HH].[HH].[HH].[HH]. The van der Waals surface area contributed by atoms with Crippen molar-refractivity contribution >= 4 is 5.91 Å². The van der Waals surface area contributed by atoms with Crippen LogP contribution in [0.2, 0.25) is 0 Å². The molecule has 164 valence electrons. The van der Waals surface area contributed by atoms with Gasteiger partial charge in [-0.05, 0) is 94.7 Å². The molecule has 0 atom stereocenters. The Morgan fingerprint density at radius 2 is 0.667 bits per heavy atom. The summed E-state index contributed by atoms with van der Waals surface area (Å²) in [6.45, 7) is 1.31. The van der Waals surface area contributed by atoms with Crippen LogP contribution in [0.3, 0.4) is 0 Å². The number of hydrogen-bond acceptors (Lipinski definition) is 2. The van der Waals surface area contributed by atoms with Crippen LogP contribution in [0.5, 0.6) is 0 Å². The largest absolute Gasteiger partial charge is 0.370 e. The van der Waals surface area contributed by atoms with Crippen molar-refractivity contribution in [1.82, 2.24) is 6.15 Å². The summed E-state index contributed by atoms with van der Waals surface area (Å²) in [6.07, 6.45) is 9.80. The van der Waals surface area contributed by atoms with Gasteiger partial charge >= 0.3 is 0 Å². The fraction of sp³-hybridized carbons (Fsp3) is 0.0417. The number of carbonyl (C=O) groups excluding carboxylic acids is 1. The Hall–Kier alpha value is -5.41. The Bertz CT molecular complexity index is 1130. The Morgan fingerprint density at radius 1 is 0.556 bits per heavy atom. The molecule has 0 radical (unpaired) electrons. The van der Waals surface area contributed by atoms with Gasteiger partial charge in [-0.1, -0.05) is 0 Å². The Balaban J connectivity index is -0.00000000955. The lowest BCUT2D eigenvalue weighted by Gasteiger charge is -1.60. The molecule has 0 aromatic heterocycles. The molecule has 5 N–H and O–H groups in total. The lowest BCUT2D eigenvalue weighted by molar-refractivity contribution is -0.115. The molecule has 0 saturated carbocycles. The monoisotopic (exact) mass is 384 g/mol. The molecular formula is C24H52N2O. The molecule has 0 aromatic rings. The number of carbonyl (C=O) groups is 1. The minimum absolute atomic E-state index is 0. The average Bonchev–Trinajstić information content (AvgIpc) is 2.60. The highest BCUT2D eigenvalue weighted by atomic mass is 16.1. The van der Waals surface area contributed by atoms with Crippen LogP contribution < -0.4 is 11.9 Å². The van der Waals surface area contributed by atoms with Gasteiger partial charge in [-0.2, -0.15) is 0 Å². The molecule has 0 aliphatic heterocycles. The molecule has 3 heteroatoms. The normalized spacial score (nSPS) is 3.96. The number of amides is 1. The number of hydrogen-bond donors (Lipinski definition) is 2. The van der Waals surface area contributed by atoms with Crippen LogP contribution in [0, 0.1) is 131 Å². The highest BCUT2D eigenvalue weighted by Gasteiger charge is 1.61. The van der Waals surface area contributed by atoms with Crippen LogP contribution in [0.25, 0.3) is 0 Å². The maximum Gasteiger partial charge on any atom is 0.214 e. The van der Waals surface area contributed by atoms with E-state index in [-0.39, 0.29) is 42.0 Å². The van der Waals surface area contributed by atoms with Crippen molar-refractivity contribution in [2.45, 2.75) is 6.92 Å². The quantitative estimate of drug-likeness (QED) is 0.570. The molecule has 1 amide bonds. The molecular weight excluding hydrogens is 332 g/mol. The van der Waals surface area contributed by atoms with Crippen LogP contribution in [-0.2, 0) is 4.79 Å². The van der Waals surface area contributed by atoms with E-state index in [0.717, 1.165) is 0 Å². The lowest BCUT2D eigenvalue weighted by Crippen LogP contribution is -2.01. The van der Waals surface area contributed by atoms with Crippen molar-refractivity contribution in [2.24, 2.45) is 5.73 Å². The van der Waals surface area contributed by atoms with Gasteiger partial charge in [0.15, 0.2) is 0 Å². The molecule has 0 bridgehead atoms. The van der Waals surface area contributed by atoms with Crippen molar-refractivity contribution in [2.75, 3.05) is 0 Å². The van der Waals surface area contributed by atoms with Crippen molar-refractivity contribution in [1.29, 1.82) is 0 Å². The zero-order valence-electron chi connectivity index (χ0n) is 14.3. The third-order valence-corrected chi connectivity index (χ3v) is 1.21. The third-order valence-electron chi connectivity index (χ3n) is 1.21. The van der Waals surface area contributed by atoms with Crippen LogP contribution in [0.4, 0.5) is 0 Å². The van der Waals surface area contributed by atoms with Gasteiger partial charge in [-0.15, -0.1) is 12.8 Å². The van der Waals surface area contributed by atoms with E-state index in [1.54, 1.807) is 0 Å². The fourth-order valence-corrected chi connectivity index (χ4v) is 0.572. The van der Waals surface area contributed by atoms with Crippen molar-refractivity contribution in [3.63, 3.8) is 0 Å². The summed E-state index contributed by atoms with van der Waals surface area (Å²) in [5.41, 5.74) is 4.47. The van der Waals surface area contributed by atoms with Crippen LogP contribution >= 0.6 is 0 Å². The number of primary amides is 1. The van der Waals surface area contributed by atoms with Crippen molar-refractivity contribution in [3.05, 3.63) is 0 Å². The molecule has 27 heavy (non-hydrogen) atoms. The summed E-state index contributed by atoms with van der Waals surface area (Å²) < 4.78 is 0. The van der Waals surface area contributed by atoms with Crippen LogP contribution in [0.15, 0.2) is 0 Å². The molecule has 3 nitrogen and oxygen atoms in total. The van der Waals surface area contributed by atoms with E-state index >= 15 is 0 Å². The summed E-state index contributed by atoms with van der Waals surface area (Å²) in [5.74, 6) is 47.9. The average molecular weight is 385 g/mol. The van der Waals surface area contributed by atoms with Gasteiger partial charge in [0.25, 0.3) is 0 Å². The molecule has 0 unspecified atom stereocenters. The van der Waals surface area contributed by atoms with Crippen molar-refractivity contribution < 1.29 is 34.8 Å². The van der Waals surface area contributed by atoms with Gasteiger partial charge < -0.3 is 11.9 Å². The Kier molecular flexibility index (Phi) is 25.1. The molecule has 0 rings (SSSR count). The second-order valence-corrected chi connectivity index (χ2v) is 3.15.